The van der Waals surface area contributed by atoms with Crippen molar-refractivity contribution in [3.63, 3.8) is 0 Å². The third-order valence-electron chi connectivity index (χ3n) is 2.05. The van der Waals surface area contributed by atoms with Crippen LogP contribution in [-0.4, -0.2) is 58.5 Å². The highest BCUT2D eigenvalue weighted by Crippen LogP contribution is 2.22. The Morgan fingerprint density at radius 3 is 2.31 bits per heavy atom. The van der Waals surface area contributed by atoms with Gasteiger partial charge in [-0.25, -0.2) is 0 Å². The van der Waals surface area contributed by atoms with E-state index in [1.807, 2.05) is 0 Å². The summed E-state index contributed by atoms with van der Waals surface area (Å²) >= 11 is 3.12. The molecule has 13 heavy (non-hydrogen) atoms. The average molecular weight is 257 g/mol. The van der Waals surface area contributed by atoms with Gasteiger partial charge in [0.25, 0.3) is 0 Å². The zero-order chi connectivity index (χ0) is 10.0. The lowest BCUT2D eigenvalue weighted by Crippen LogP contribution is -2.58. The fourth-order valence-corrected chi connectivity index (χ4v) is 1.77. The minimum atomic E-state index is -1.23. The predicted octanol–water partition coefficient (Wildman–Crippen LogP) is -1.16. The summed E-state index contributed by atoms with van der Waals surface area (Å²) in [5.74, 6) is 0. The Hall–Kier alpha value is 0.280. The van der Waals surface area contributed by atoms with Crippen LogP contribution in [0.2, 0.25) is 0 Å². The van der Waals surface area contributed by atoms with E-state index in [2.05, 4.69) is 15.9 Å². The van der Waals surface area contributed by atoms with Gasteiger partial charge in [-0.3, -0.25) is 0 Å². The number of alkyl halides is 1. The van der Waals surface area contributed by atoms with Crippen molar-refractivity contribution in [1.82, 2.24) is 0 Å². The predicted molar refractivity (Wildman–Crippen MR) is 47.5 cm³/mol. The lowest BCUT2D eigenvalue weighted by atomic mass is 10.0. The molecular weight excluding hydrogens is 244 g/mol. The molecule has 6 heteroatoms. The molecule has 1 heterocycles. The summed E-state index contributed by atoms with van der Waals surface area (Å²) in [5, 5.41) is 28.5. The molecule has 78 valence electrons. The minimum absolute atomic E-state index is 0.373. The summed E-state index contributed by atoms with van der Waals surface area (Å²) in [5.41, 5.74) is 0. The maximum atomic E-state index is 9.40. The highest BCUT2D eigenvalue weighted by Gasteiger charge is 2.43. The van der Waals surface area contributed by atoms with Crippen molar-refractivity contribution in [2.24, 2.45) is 0 Å². The third kappa shape index (κ3) is 2.20. The van der Waals surface area contributed by atoms with Crippen LogP contribution < -0.4 is 0 Å². The van der Waals surface area contributed by atoms with Gasteiger partial charge >= 0.3 is 0 Å². The van der Waals surface area contributed by atoms with E-state index >= 15 is 0 Å². The molecule has 0 saturated carbocycles. The third-order valence-corrected chi connectivity index (χ3v) is 2.69. The summed E-state index contributed by atoms with van der Waals surface area (Å²) < 4.78 is 9.94. The second-order valence-electron chi connectivity index (χ2n) is 2.90. The van der Waals surface area contributed by atoms with Crippen molar-refractivity contribution in [2.75, 3.05) is 12.4 Å². The van der Waals surface area contributed by atoms with Gasteiger partial charge in [0.1, 0.15) is 18.3 Å². The summed E-state index contributed by atoms with van der Waals surface area (Å²) in [4.78, 5) is 0. The number of aliphatic hydroxyl groups excluding tert-OH is 3. The molecule has 0 bridgehead atoms. The Bertz CT molecular complexity index is 147. The van der Waals surface area contributed by atoms with Gasteiger partial charge in [-0.15, -0.1) is 0 Å². The Morgan fingerprint density at radius 2 is 1.85 bits per heavy atom. The molecule has 0 radical (unpaired) electrons. The quantitative estimate of drug-likeness (QED) is 0.543. The molecule has 1 rings (SSSR count). The zero-order valence-electron chi connectivity index (χ0n) is 7.13. The normalized spacial score (nSPS) is 46.4. The minimum Gasteiger partial charge on any atom is -0.388 e. The SMILES string of the molecule is CO[C@H]1OC(CBr)[C@@H](O)[C@@H](O)C1O. The maximum Gasteiger partial charge on any atom is 0.186 e. The van der Waals surface area contributed by atoms with E-state index in [9.17, 15) is 15.3 Å². The molecule has 1 aliphatic rings. The molecule has 5 atom stereocenters. The fraction of sp³-hybridized carbons (Fsp3) is 1.00. The van der Waals surface area contributed by atoms with Crippen molar-refractivity contribution in [3.05, 3.63) is 0 Å². The largest absolute Gasteiger partial charge is 0.388 e. The molecule has 5 nitrogen and oxygen atoms in total. The van der Waals surface area contributed by atoms with E-state index in [1.54, 1.807) is 0 Å². The van der Waals surface area contributed by atoms with E-state index < -0.39 is 30.7 Å². The second-order valence-corrected chi connectivity index (χ2v) is 3.55. The summed E-state index contributed by atoms with van der Waals surface area (Å²) in [6, 6.07) is 0. The number of hydrogen-bond acceptors (Lipinski definition) is 5. The number of ether oxygens (including phenoxy) is 2. The molecule has 0 amide bonds. The van der Waals surface area contributed by atoms with Gasteiger partial charge < -0.3 is 24.8 Å². The van der Waals surface area contributed by atoms with Crippen LogP contribution in [0.1, 0.15) is 0 Å². The Morgan fingerprint density at radius 1 is 1.23 bits per heavy atom. The molecule has 0 spiro atoms. The first kappa shape index (κ1) is 11.4. The van der Waals surface area contributed by atoms with Crippen molar-refractivity contribution < 1.29 is 24.8 Å². The summed E-state index contributed by atoms with van der Waals surface area (Å²) in [7, 11) is 1.36. The van der Waals surface area contributed by atoms with Crippen LogP contribution in [0.25, 0.3) is 0 Å². The van der Waals surface area contributed by atoms with Gasteiger partial charge in [0.15, 0.2) is 6.29 Å². The number of aliphatic hydroxyl groups is 3. The summed E-state index contributed by atoms with van der Waals surface area (Å²) in [6.07, 6.45) is -5.00. The monoisotopic (exact) mass is 256 g/mol. The van der Waals surface area contributed by atoms with Crippen LogP contribution in [0.5, 0.6) is 0 Å². The molecule has 0 aromatic rings. The van der Waals surface area contributed by atoms with E-state index in [0.29, 0.717) is 5.33 Å². The fourth-order valence-electron chi connectivity index (χ4n) is 1.24. The van der Waals surface area contributed by atoms with E-state index in [1.165, 1.54) is 7.11 Å². The van der Waals surface area contributed by atoms with Gasteiger partial charge in [0.05, 0.1) is 6.10 Å². The molecular formula is C7H13BrO5. The number of rotatable bonds is 2. The number of hydrogen-bond donors (Lipinski definition) is 3. The van der Waals surface area contributed by atoms with Crippen LogP contribution in [0.3, 0.4) is 0 Å². The smallest absolute Gasteiger partial charge is 0.186 e. The highest BCUT2D eigenvalue weighted by atomic mass is 79.9. The van der Waals surface area contributed by atoms with Gasteiger partial charge in [-0.1, -0.05) is 15.9 Å². The van der Waals surface area contributed by atoms with Crippen LogP contribution >= 0.6 is 15.9 Å². The second kappa shape index (κ2) is 4.68. The van der Waals surface area contributed by atoms with E-state index in [4.69, 9.17) is 9.47 Å². The molecule has 0 aromatic carbocycles. The van der Waals surface area contributed by atoms with Gasteiger partial charge in [0.2, 0.25) is 0 Å². The molecule has 0 aromatic heterocycles. The Balaban J connectivity index is 2.66. The zero-order valence-corrected chi connectivity index (χ0v) is 8.72. The Kier molecular flexibility index (Phi) is 4.08. The topological polar surface area (TPSA) is 79.2 Å². The van der Waals surface area contributed by atoms with Gasteiger partial charge in [-0.05, 0) is 0 Å². The molecule has 1 fully saturated rings. The number of methoxy groups -OCH3 is 1. The van der Waals surface area contributed by atoms with Crippen LogP contribution in [0.4, 0.5) is 0 Å². The number of halogens is 1. The lowest BCUT2D eigenvalue weighted by molar-refractivity contribution is -0.284. The lowest BCUT2D eigenvalue weighted by Gasteiger charge is -2.39. The molecule has 0 aliphatic carbocycles. The molecule has 3 N–H and O–H groups in total. The van der Waals surface area contributed by atoms with Gasteiger partial charge in [-0.2, -0.15) is 0 Å². The molecule has 2 unspecified atom stereocenters. The van der Waals surface area contributed by atoms with E-state index in [-0.39, 0.29) is 0 Å². The van der Waals surface area contributed by atoms with Gasteiger partial charge in [0, 0.05) is 12.4 Å². The molecule has 1 saturated heterocycles. The molecule has 1 aliphatic heterocycles. The Labute approximate surface area is 84.4 Å². The highest BCUT2D eigenvalue weighted by molar-refractivity contribution is 9.09. The average Bonchev–Trinajstić information content (AvgIpc) is 2.15. The maximum absolute atomic E-state index is 9.40. The van der Waals surface area contributed by atoms with Crippen molar-refractivity contribution in [2.45, 2.75) is 30.7 Å². The van der Waals surface area contributed by atoms with Crippen molar-refractivity contribution >= 4 is 15.9 Å². The first-order chi connectivity index (χ1) is 6.11. The van der Waals surface area contributed by atoms with Crippen LogP contribution in [0, 0.1) is 0 Å². The van der Waals surface area contributed by atoms with Crippen molar-refractivity contribution in [1.29, 1.82) is 0 Å². The van der Waals surface area contributed by atoms with Crippen LogP contribution in [0.15, 0.2) is 0 Å². The van der Waals surface area contributed by atoms with E-state index in [0.717, 1.165) is 0 Å². The first-order valence-electron chi connectivity index (χ1n) is 3.90. The van der Waals surface area contributed by atoms with Crippen LogP contribution in [-0.2, 0) is 9.47 Å². The summed E-state index contributed by atoms with van der Waals surface area (Å²) in [6.45, 7) is 0. The first-order valence-corrected chi connectivity index (χ1v) is 5.02. The van der Waals surface area contributed by atoms with Crippen molar-refractivity contribution in [3.8, 4) is 0 Å². The standard InChI is InChI=1S/C7H13BrO5/c1-12-7-6(11)5(10)4(9)3(2-8)13-7/h3-7,9-11H,2H2,1H3/t3?,4-,5-,6?,7+/m1/s1.